The van der Waals surface area contributed by atoms with Crippen LogP contribution in [0, 0.1) is 12.7 Å². The van der Waals surface area contributed by atoms with Crippen molar-refractivity contribution in [2.75, 3.05) is 12.4 Å². The summed E-state index contributed by atoms with van der Waals surface area (Å²) < 4.78 is 18.7. The Kier molecular flexibility index (Phi) is 3.77. The van der Waals surface area contributed by atoms with Crippen molar-refractivity contribution in [3.63, 3.8) is 0 Å². The van der Waals surface area contributed by atoms with Crippen molar-refractivity contribution in [2.45, 2.75) is 13.5 Å². The molecule has 94 valence electrons. The number of nitrogens with one attached hydrogen (secondary N) is 1. The Morgan fingerprint density at radius 3 is 2.94 bits per heavy atom. The van der Waals surface area contributed by atoms with Crippen LogP contribution in [-0.2, 0) is 6.54 Å². The number of benzene rings is 1. The van der Waals surface area contributed by atoms with E-state index in [0.29, 0.717) is 18.0 Å². The van der Waals surface area contributed by atoms with E-state index in [9.17, 15) is 4.39 Å². The first-order chi connectivity index (χ1) is 8.70. The number of anilines is 1. The number of methoxy groups -OCH3 is 1. The van der Waals surface area contributed by atoms with Crippen LogP contribution < -0.4 is 10.1 Å². The quantitative estimate of drug-likeness (QED) is 0.899. The number of aromatic nitrogens is 1. The number of aryl methyl sites for hydroxylation is 1. The van der Waals surface area contributed by atoms with Gasteiger partial charge in [-0.1, -0.05) is 17.7 Å². The van der Waals surface area contributed by atoms with E-state index in [2.05, 4.69) is 10.3 Å². The Labute approximate surface area is 106 Å². The summed E-state index contributed by atoms with van der Waals surface area (Å²) in [6.07, 6.45) is 1.65. The minimum absolute atomic E-state index is 0.212. The molecule has 1 aromatic carbocycles. The van der Waals surface area contributed by atoms with Crippen molar-refractivity contribution in [1.82, 2.24) is 4.98 Å². The van der Waals surface area contributed by atoms with Crippen LogP contribution >= 0.6 is 0 Å². The van der Waals surface area contributed by atoms with Crippen LogP contribution in [0.15, 0.2) is 36.5 Å². The van der Waals surface area contributed by atoms with E-state index in [0.717, 1.165) is 11.3 Å². The predicted octanol–water partition coefficient (Wildman–Crippen LogP) is 3.15. The zero-order valence-corrected chi connectivity index (χ0v) is 10.4. The SMILES string of the molecule is COc1ncccc1NCc1cc(C)ccc1F. The number of pyridine rings is 1. The molecule has 0 aliphatic heterocycles. The fourth-order valence-corrected chi connectivity index (χ4v) is 1.72. The van der Waals surface area contributed by atoms with E-state index in [1.807, 2.05) is 19.1 Å². The van der Waals surface area contributed by atoms with Gasteiger partial charge in [0.15, 0.2) is 0 Å². The summed E-state index contributed by atoms with van der Waals surface area (Å²) in [5, 5.41) is 3.12. The number of hydrogen-bond acceptors (Lipinski definition) is 3. The van der Waals surface area contributed by atoms with E-state index >= 15 is 0 Å². The van der Waals surface area contributed by atoms with Crippen LogP contribution in [0.5, 0.6) is 5.88 Å². The molecular formula is C14H15FN2O. The Bertz CT molecular complexity index is 543. The third kappa shape index (κ3) is 2.77. The zero-order chi connectivity index (χ0) is 13.0. The molecule has 0 amide bonds. The molecule has 2 aromatic rings. The van der Waals surface area contributed by atoms with Gasteiger partial charge in [0.1, 0.15) is 5.82 Å². The monoisotopic (exact) mass is 246 g/mol. The molecule has 1 aromatic heterocycles. The highest BCUT2D eigenvalue weighted by Gasteiger charge is 2.05. The molecule has 0 unspecified atom stereocenters. The minimum atomic E-state index is -0.212. The van der Waals surface area contributed by atoms with Crippen LogP contribution in [0.25, 0.3) is 0 Å². The lowest BCUT2D eigenvalue weighted by molar-refractivity contribution is 0.399. The van der Waals surface area contributed by atoms with Crippen LogP contribution in [0.1, 0.15) is 11.1 Å². The largest absolute Gasteiger partial charge is 0.480 e. The highest BCUT2D eigenvalue weighted by Crippen LogP contribution is 2.21. The number of hydrogen-bond donors (Lipinski definition) is 1. The number of rotatable bonds is 4. The molecular weight excluding hydrogens is 231 g/mol. The molecule has 0 aliphatic carbocycles. The summed E-state index contributed by atoms with van der Waals surface area (Å²) in [6.45, 7) is 2.34. The van der Waals surface area contributed by atoms with Crippen LogP contribution in [-0.4, -0.2) is 12.1 Å². The summed E-state index contributed by atoms with van der Waals surface area (Å²) in [5.74, 6) is 0.293. The first-order valence-corrected chi connectivity index (χ1v) is 5.68. The van der Waals surface area contributed by atoms with Gasteiger partial charge >= 0.3 is 0 Å². The second-order valence-corrected chi connectivity index (χ2v) is 4.01. The maximum absolute atomic E-state index is 13.6. The average molecular weight is 246 g/mol. The van der Waals surface area contributed by atoms with Gasteiger partial charge in [-0.05, 0) is 25.1 Å². The summed E-state index contributed by atoms with van der Waals surface area (Å²) in [7, 11) is 1.56. The molecule has 1 N–H and O–H groups in total. The lowest BCUT2D eigenvalue weighted by atomic mass is 10.1. The summed E-state index contributed by atoms with van der Waals surface area (Å²) >= 11 is 0. The van der Waals surface area contributed by atoms with E-state index in [-0.39, 0.29) is 5.82 Å². The molecule has 0 saturated carbocycles. The Morgan fingerprint density at radius 2 is 2.17 bits per heavy atom. The van der Waals surface area contributed by atoms with E-state index in [4.69, 9.17) is 4.74 Å². The molecule has 3 nitrogen and oxygen atoms in total. The van der Waals surface area contributed by atoms with E-state index < -0.39 is 0 Å². The Balaban J connectivity index is 2.14. The first-order valence-electron chi connectivity index (χ1n) is 5.68. The second kappa shape index (κ2) is 5.49. The van der Waals surface area contributed by atoms with Gasteiger partial charge in [0, 0.05) is 18.3 Å². The predicted molar refractivity (Wildman–Crippen MR) is 69.3 cm³/mol. The lowest BCUT2D eigenvalue weighted by Crippen LogP contribution is -2.04. The van der Waals surface area contributed by atoms with Crippen molar-refractivity contribution in [3.8, 4) is 5.88 Å². The average Bonchev–Trinajstić information content (AvgIpc) is 2.40. The van der Waals surface area contributed by atoms with E-state index in [1.54, 1.807) is 25.4 Å². The van der Waals surface area contributed by atoms with Gasteiger partial charge < -0.3 is 10.1 Å². The standard InChI is InChI=1S/C14H15FN2O/c1-10-5-6-12(15)11(8-10)9-17-13-4-3-7-16-14(13)18-2/h3-8,17H,9H2,1-2H3. The number of nitrogens with zero attached hydrogens (tertiary/aromatic N) is 1. The molecule has 0 spiro atoms. The van der Waals surface area contributed by atoms with E-state index in [1.165, 1.54) is 6.07 Å². The lowest BCUT2D eigenvalue weighted by Gasteiger charge is -2.10. The molecule has 0 radical (unpaired) electrons. The fourth-order valence-electron chi connectivity index (χ4n) is 1.72. The van der Waals surface area contributed by atoms with Crippen molar-refractivity contribution in [3.05, 3.63) is 53.5 Å². The van der Waals surface area contributed by atoms with Crippen molar-refractivity contribution >= 4 is 5.69 Å². The molecule has 2 rings (SSSR count). The van der Waals surface area contributed by atoms with Gasteiger partial charge in [0.2, 0.25) is 5.88 Å². The molecule has 0 fully saturated rings. The number of halogens is 1. The van der Waals surface area contributed by atoms with Gasteiger partial charge in [-0.25, -0.2) is 9.37 Å². The van der Waals surface area contributed by atoms with Crippen molar-refractivity contribution in [1.29, 1.82) is 0 Å². The molecule has 18 heavy (non-hydrogen) atoms. The van der Waals surface area contributed by atoms with Gasteiger partial charge in [0.25, 0.3) is 0 Å². The van der Waals surface area contributed by atoms with Crippen LogP contribution in [0.2, 0.25) is 0 Å². The third-order valence-corrected chi connectivity index (χ3v) is 2.64. The smallest absolute Gasteiger partial charge is 0.237 e. The zero-order valence-electron chi connectivity index (χ0n) is 10.4. The normalized spacial score (nSPS) is 10.2. The van der Waals surface area contributed by atoms with Gasteiger partial charge in [0.05, 0.1) is 12.8 Å². The topological polar surface area (TPSA) is 34.1 Å². The van der Waals surface area contributed by atoms with Gasteiger partial charge in [-0.15, -0.1) is 0 Å². The molecule has 4 heteroatoms. The molecule has 1 heterocycles. The maximum atomic E-state index is 13.6. The summed E-state index contributed by atoms with van der Waals surface area (Å²) in [5.41, 5.74) is 2.41. The first kappa shape index (κ1) is 12.4. The Morgan fingerprint density at radius 1 is 1.33 bits per heavy atom. The van der Waals surface area contributed by atoms with Crippen molar-refractivity contribution < 1.29 is 9.13 Å². The highest BCUT2D eigenvalue weighted by molar-refractivity contribution is 5.52. The molecule has 0 bridgehead atoms. The molecule has 0 saturated heterocycles. The van der Waals surface area contributed by atoms with Gasteiger partial charge in [-0.2, -0.15) is 0 Å². The van der Waals surface area contributed by atoms with Crippen LogP contribution in [0.3, 0.4) is 0 Å². The maximum Gasteiger partial charge on any atom is 0.237 e. The second-order valence-electron chi connectivity index (χ2n) is 4.01. The summed E-state index contributed by atoms with van der Waals surface area (Å²) in [4.78, 5) is 4.07. The fraction of sp³-hybridized carbons (Fsp3) is 0.214. The molecule has 0 aliphatic rings. The highest BCUT2D eigenvalue weighted by atomic mass is 19.1. The van der Waals surface area contributed by atoms with Gasteiger partial charge in [-0.3, -0.25) is 0 Å². The Hall–Kier alpha value is -2.10. The molecule has 0 atom stereocenters. The van der Waals surface area contributed by atoms with Crippen molar-refractivity contribution in [2.24, 2.45) is 0 Å². The third-order valence-electron chi connectivity index (χ3n) is 2.64. The summed E-state index contributed by atoms with van der Waals surface area (Å²) in [6, 6.07) is 8.71. The minimum Gasteiger partial charge on any atom is -0.480 e. The number of ether oxygens (including phenoxy) is 1. The van der Waals surface area contributed by atoms with Crippen LogP contribution in [0.4, 0.5) is 10.1 Å².